The Kier molecular flexibility index (Phi) is 2.60. The summed E-state index contributed by atoms with van der Waals surface area (Å²) in [7, 11) is 0. The van der Waals surface area contributed by atoms with Crippen molar-refractivity contribution in [2.75, 3.05) is 0 Å². The molecule has 4 atom stereocenters. The Morgan fingerprint density at radius 1 is 1.06 bits per heavy atom. The van der Waals surface area contributed by atoms with Crippen molar-refractivity contribution in [1.82, 2.24) is 5.32 Å². The van der Waals surface area contributed by atoms with Crippen LogP contribution in [0.1, 0.15) is 38.5 Å². The molecule has 94 valence electrons. The number of carboxylic acid groups (broad SMARTS) is 1. The number of hydrogen-bond acceptors (Lipinski definition) is 2. The van der Waals surface area contributed by atoms with Crippen LogP contribution in [0.2, 0.25) is 0 Å². The monoisotopic (exact) mass is 237 g/mol. The maximum Gasteiger partial charge on any atom is 0.308 e. The molecular formula is C13H19NO3. The third-order valence-electron chi connectivity index (χ3n) is 4.56. The van der Waals surface area contributed by atoms with E-state index < -0.39 is 5.97 Å². The van der Waals surface area contributed by atoms with E-state index in [9.17, 15) is 9.59 Å². The third kappa shape index (κ3) is 2.17. The molecule has 2 N–H and O–H groups in total. The maximum absolute atomic E-state index is 12.0. The highest BCUT2D eigenvalue weighted by Gasteiger charge is 2.51. The van der Waals surface area contributed by atoms with Crippen LogP contribution in [0.4, 0.5) is 0 Å². The highest BCUT2D eigenvalue weighted by molar-refractivity contribution is 5.83. The molecule has 0 aromatic heterocycles. The first kappa shape index (κ1) is 11.1. The highest BCUT2D eigenvalue weighted by atomic mass is 16.4. The second kappa shape index (κ2) is 4.00. The molecule has 2 unspecified atom stereocenters. The van der Waals surface area contributed by atoms with E-state index in [1.54, 1.807) is 0 Å². The molecule has 0 radical (unpaired) electrons. The van der Waals surface area contributed by atoms with Gasteiger partial charge in [-0.1, -0.05) is 6.42 Å². The lowest BCUT2D eigenvalue weighted by Crippen LogP contribution is -2.41. The van der Waals surface area contributed by atoms with Crippen LogP contribution in [-0.2, 0) is 9.59 Å². The summed E-state index contributed by atoms with van der Waals surface area (Å²) in [6.07, 6.45) is 6.05. The van der Waals surface area contributed by atoms with Gasteiger partial charge >= 0.3 is 5.97 Å². The Bertz CT molecular complexity index is 351. The predicted octanol–water partition coefficient (Wildman–Crippen LogP) is 1.40. The van der Waals surface area contributed by atoms with Gasteiger partial charge in [0.05, 0.1) is 5.92 Å². The molecule has 0 bridgehead atoms. The molecule has 3 aliphatic rings. The largest absolute Gasteiger partial charge is 0.481 e. The molecule has 1 amide bonds. The van der Waals surface area contributed by atoms with E-state index in [4.69, 9.17) is 5.11 Å². The molecule has 0 spiro atoms. The summed E-state index contributed by atoms with van der Waals surface area (Å²) >= 11 is 0. The second-order valence-corrected chi connectivity index (χ2v) is 5.83. The molecular weight excluding hydrogens is 218 g/mol. The molecule has 0 aromatic rings. The first-order valence-electron chi connectivity index (χ1n) is 6.70. The molecule has 4 heteroatoms. The molecule has 4 nitrogen and oxygen atoms in total. The number of carbonyl (C=O) groups is 2. The zero-order chi connectivity index (χ0) is 12.0. The summed E-state index contributed by atoms with van der Waals surface area (Å²) in [6.45, 7) is 0. The zero-order valence-corrected chi connectivity index (χ0v) is 9.89. The smallest absolute Gasteiger partial charge is 0.308 e. The van der Waals surface area contributed by atoms with E-state index in [0.717, 1.165) is 25.2 Å². The Labute approximate surface area is 101 Å². The maximum atomic E-state index is 12.0. The van der Waals surface area contributed by atoms with Crippen molar-refractivity contribution in [3.8, 4) is 0 Å². The summed E-state index contributed by atoms with van der Waals surface area (Å²) in [5, 5.41) is 12.0. The summed E-state index contributed by atoms with van der Waals surface area (Å²) in [4.78, 5) is 23.0. The first-order valence-corrected chi connectivity index (χ1v) is 6.70. The van der Waals surface area contributed by atoms with Crippen LogP contribution < -0.4 is 5.32 Å². The van der Waals surface area contributed by atoms with Gasteiger partial charge in [-0.2, -0.15) is 0 Å². The van der Waals surface area contributed by atoms with Crippen molar-refractivity contribution >= 4 is 11.9 Å². The lowest BCUT2D eigenvalue weighted by Gasteiger charge is -2.17. The van der Waals surface area contributed by atoms with Crippen LogP contribution in [0, 0.1) is 23.7 Å². The fourth-order valence-electron chi connectivity index (χ4n) is 3.28. The molecule has 17 heavy (non-hydrogen) atoms. The van der Waals surface area contributed by atoms with Gasteiger partial charge in [0.2, 0.25) is 5.91 Å². The van der Waals surface area contributed by atoms with Crippen molar-refractivity contribution in [2.45, 2.75) is 44.6 Å². The SMILES string of the molecule is O=C(N[C@H]1CCC[C@H]1C(=O)O)C1CC1C1CC1. The molecule has 3 rings (SSSR count). The lowest BCUT2D eigenvalue weighted by atomic mass is 10.0. The van der Waals surface area contributed by atoms with Crippen LogP contribution in [0.15, 0.2) is 0 Å². The number of hydrogen-bond donors (Lipinski definition) is 2. The number of rotatable bonds is 4. The fourth-order valence-corrected chi connectivity index (χ4v) is 3.28. The molecule has 0 saturated heterocycles. The van der Waals surface area contributed by atoms with Gasteiger partial charge in [0.1, 0.15) is 0 Å². The predicted molar refractivity (Wildman–Crippen MR) is 61.2 cm³/mol. The fraction of sp³-hybridized carbons (Fsp3) is 0.846. The summed E-state index contributed by atoms with van der Waals surface area (Å²) in [5.74, 6) is 0.585. The molecule has 3 fully saturated rings. The van der Waals surface area contributed by atoms with Crippen molar-refractivity contribution in [1.29, 1.82) is 0 Å². The van der Waals surface area contributed by atoms with Gasteiger partial charge < -0.3 is 10.4 Å². The minimum absolute atomic E-state index is 0.111. The van der Waals surface area contributed by atoms with E-state index in [0.29, 0.717) is 12.3 Å². The van der Waals surface area contributed by atoms with Crippen LogP contribution in [0.25, 0.3) is 0 Å². The minimum Gasteiger partial charge on any atom is -0.481 e. The average molecular weight is 237 g/mol. The van der Waals surface area contributed by atoms with Crippen molar-refractivity contribution < 1.29 is 14.7 Å². The van der Waals surface area contributed by atoms with Crippen molar-refractivity contribution in [3.05, 3.63) is 0 Å². The van der Waals surface area contributed by atoms with Gasteiger partial charge in [-0.3, -0.25) is 9.59 Å². The summed E-state index contributed by atoms with van der Waals surface area (Å²) in [5.41, 5.74) is 0. The van der Waals surface area contributed by atoms with Gasteiger partial charge in [0.25, 0.3) is 0 Å². The topological polar surface area (TPSA) is 66.4 Å². The molecule has 3 saturated carbocycles. The van der Waals surface area contributed by atoms with Crippen LogP contribution in [-0.4, -0.2) is 23.0 Å². The average Bonchev–Trinajstić information content (AvgIpc) is 3.14. The number of carbonyl (C=O) groups excluding carboxylic acids is 1. The summed E-state index contributed by atoms with van der Waals surface area (Å²) in [6, 6.07) is -0.125. The normalized spacial score (nSPS) is 40.0. The van der Waals surface area contributed by atoms with Gasteiger partial charge in [0, 0.05) is 12.0 Å². The van der Waals surface area contributed by atoms with E-state index in [2.05, 4.69) is 5.32 Å². The molecule has 0 aliphatic heterocycles. The van der Waals surface area contributed by atoms with Gasteiger partial charge in [-0.25, -0.2) is 0 Å². The van der Waals surface area contributed by atoms with Gasteiger partial charge in [-0.15, -0.1) is 0 Å². The number of amides is 1. The number of aliphatic carboxylic acids is 1. The van der Waals surface area contributed by atoms with Crippen molar-refractivity contribution in [3.63, 3.8) is 0 Å². The highest BCUT2D eigenvalue weighted by Crippen LogP contribution is 2.54. The quantitative estimate of drug-likeness (QED) is 0.776. The van der Waals surface area contributed by atoms with Gasteiger partial charge in [0.15, 0.2) is 0 Å². The van der Waals surface area contributed by atoms with E-state index in [1.807, 2.05) is 0 Å². The molecule has 0 heterocycles. The standard InChI is InChI=1S/C13H19NO3/c15-12(10-6-9(10)7-4-5-7)14-11-3-1-2-8(11)13(16)17/h7-11H,1-6H2,(H,14,15)(H,16,17)/t8-,9?,10?,11+/m1/s1. The second-order valence-electron chi connectivity index (χ2n) is 5.83. The number of nitrogens with one attached hydrogen (secondary N) is 1. The van der Waals surface area contributed by atoms with Crippen LogP contribution in [0.3, 0.4) is 0 Å². The third-order valence-corrected chi connectivity index (χ3v) is 4.56. The molecule has 0 aromatic carbocycles. The Hall–Kier alpha value is -1.06. The number of carboxylic acids is 1. The van der Waals surface area contributed by atoms with Crippen LogP contribution in [0.5, 0.6) is 0 Å². The van der Waals surface area contributed by atoms with Crippen molar-refractivity contribution in [2.24, 2.45) is 23.7 Å². The van der Waals surface area contributed by atoms with Gasteiger partial charge in [-0.05, 0) is 43.9 Å². The lowest BCUT2D eigenvalue weighted by molar-refractivity contribution is -0.142. The van der Waals surface area contributed by atoms with Crippen LogP contribution >= 0.6 is 0 Å². The Morgan fingerprint density at radius 3 is 2.47 bits per heavy atom. The molecule has 3 aliphatic carbocycles. The summed E-state index contributed by atoms with van der Waals surface area (Å²) < 4.78 is 0. The van der Waals surface area contributed by atoms with E-state index in [1.165, 1.54) is 12.8 Å². The Morgan fingerprint density at radius 2 is 1.82 bits per heavy atom. The first-order chi connectivity index (χ1) is 8.16. The zero-order valence-electron chi connectivity index (χ0n) is 9.89. The minimum atomic E-state index is -0.762. The Balaban J connectivity index is 1.52. The van der Waals surface area contributed by atoms with E-state index >= 15 is 0 Å². The van der Waals surface area contributed by atoms with E-state index in [-0.39, 0.29) is 23.8 Å².